The lowest BCUT2D eigenvalue weighted by atomic mass is 10.1. The minimum absolute atomic E-state index is 0.238. The molecule has 1 heterocycles. The van der Waals surface area contributed by atoms with Gasteiger partial charge in [0.25, 0.3) is 0 Å². The van der Waals surface area contributed by atoms with Crippen LogP contribution in [-0.4, -0.2) is 24.0 Å². The van der Waals surface area contributed by atoms with Gasteiger partial charge in [-0.25, -0.2) is 0 Å². The van der Waals surface area contributed by atoms with Gasteiger partial charge < -0.3 is 16.0 Å². The van der Waals surface area contributed by atoms with Gasteiger partial charge >= 0.3 is 0 Å². The molecule has 0 saturated carbocycles. The third-order valence-electron chi connectivity index (χ3n) is 2.88. The van der Waals surface area contributed by atoms with Gasteiger partial charge in [0.2, 0.25) is 5.91 Å². The van der Waals surface area contributed by atoms with Gasteiger partial charge in [-0.3, -0.25) is 4.79 Å². The number of amides is 1. The van der Waals surface area contributed by atoms with Gasteiger partial charge in [0.1, 0.15) is 0 Å². The Morgan fingerprint density at radius 2 is 2.18 bits per heavy atom. The standard InChI is InChI=1S/C13H17N3O/c1-9-10(6-7-15-8-13(14)17)11-4-2-3-5-12(11)16-9/h2-5,15-16H,6-8H2,1H3,(H2,14,17). The van der Waals surface area contributed by atoms with E-state index in [0.29, 0.717) is 0 Å². The van der Waals surface area contributed by atoms with Crippen LogP contribution in [0.2, 0.25) is 0 Å². The number of hydrogen-bond donors (Lipinski definition) is 3. The number of rotatable bonds is 5. The van der Waals surface area contributed by atoms with Crippen LogP contribution in [0, 0.1) is 6.92 Å². The molecule has 4 nitrogen and oxygen atoms in total. The molecule has 2 rings (SSSR count). The fourth-order valence-electron chi connectivity index (χ4n) is 2.08. The van der Waals surface area contributed by atoms with Crippen LogP contribution in [0.5, 0.6) is 0 Å². The van der Waals surface area contributed by atoms with Crippen LogP contribution in [0.15, 0.2) is 24.3 Å². The van der Waals surface area contributed by atoms with Gasteiger partial charge in [-0.05, 0) is 31.5 Å². The molecule has 0 spiro atoms. The van der Waals surface area contributed by atoms with E-state index in [0.717, 1.165) is 18.5 Å². The first-order valence-electron chi connectivity index (χ1n) is 5.73. The summed E-state index contributed by atoms with van der Waals surface area (Å²) < 4.78 is 0. The summed E-state index contributed by atoms with van der Waals surface area (Å²) in [7, 11) is 0. The van der Waals surface area contributed by atoms with E-state index in [-0.39, 0.29) is 12.5 Å². The Labute approximate surface area is 100 Å². The number of nitrogens with two attached hydrogens (primary N) is 1. The lowest BCUT2D eigenvalue weighted by Gasteiger charge is -2.03. The summed E-state index contributed by atoms with van der Waals surface area (Å²) in [5.41, 5.74) is 8.72. The molecule has 1 aromatic heterocycles. The van der Waals surface area contributed by atoms with Gasteiger partial charge in [0.15, 0.2) is 0 Å². The maximum absolute atomic E-state index is 10.6. The molecule has 1 aromatic carbocycles. The zero-order chi connectivity index (χ0) is 12.3. The monoisotopic (exact) mass is 231 g/mol. The first kappa shape index (κ1) is 11.7. The zero-order valence-electron chi connectivity index (χ0n) is 9.92. The summed E-state index contributed by atoms with van der Waals surface area (Å²) in [4.78, 5) is 14.0. The van der Waals surface area contributed by atoms with E-state index in [4.69, 9.17) is 5.73 Å². The topological polar surface area (TPSA) is 70.9 Å². The second kappa shape index (κ2) is 5.01. The van der Waals surface area contributed by atoms with E-state index < -0.39 is 0 Å². The lowest BCUT2D eigenvalue weighted by Crippen LogP contribution is -2.29. The highest BCUT2D eigenvalue weighted by atomic mass is 16.1. The number of carbonyl (C=O) groups excluding carboxylic acids is 1. The molecule has 0 saturated heterocycles. The van der Waals surface area contributed by atoms with E-state index in [1.807, 2.05) is 12.1 Å². The van der Waals surface area contributed by atoms with Crippen LogP contribution < -0.4 is 11.1 Å². The highest BCUT2D eigenvalue weighted by Gasteiger charge is 2.07. The molecule has 90 valence electrons. The summed E-state index contributed by atoms with van der Waals surface area (Å²) >= 11 is 0. The van der Waals surface area contributed by atoms with Crippen LogP contribution in [0.1, 0.15) is 11.3 Å². The number of primary amides is 1. The van der Waals surface area contributed by atoms with E-state index >= 15 is 0 Å². The first-order valence-corrected chi connectivity index (χ1v) is 5.73. The molecular formula is C13H17N3O. The third kappa shape index (κ3) is 2.65. The van der Waals surface area contributed by atoms with Crippen molar-refractivity contribution in [3.8, 4) is 0 Å². The van der Waals surface area contributed by atoms with Crippen molar-refractivity contribution < 1.29 is 4.79 Å². The van der Waals surface area contributed by atoms with Crippen molar-refractivity contribution in [2.45, 2.75) is 13.3 Å². The smallest absolute Gasteiger partial charge is 0.231 e. The van der Waals surface area contributed by atoms with Crippen LogP contribution >= 0.6 is 0 Å². The van der Waals surface area contributed by atoms with Gasteiger partial charge in [0.05, 0.1) is 6.54 Å². The highest BCUT2D eigenvalue weighted by molar-refractivity contribution is 5.84. The molecule has 0 radical (unpaired) electrons. The Balaban J connectivity index is 2.07. The van der Waals surface area contributed by atoms with E-state index in [9.17, 15) is 4.79 Å². The molecule has 4 N–H and O–H groups in total. The van der Waals surface area contributed by atoms with E-state index in [1.54, 1.807) is 0 Å². The number of hydrogen-bond acceptors (Lipinski definition) is 2. The number of nitrogens with one attached hydrogen (secondary N) is 2. The number of aromatic amines is 1. The Bertz CT molecular complexity index is 530. The number of para-hydroxylation sites is 1. The van der Waals surface area contributed by atoms with Crippen molar-refractivity contribution in [2.24, 2.45) is 5.73 Å². The minimum Gasteiger partial charge on any atom is -0.369 e. The molecule has 1 amide bonds. The second-order valence-electron chi connectivity index (χ2n) is 4.17. The van der Waals surface area contributed by atoms with Crippen LogP contribution in [-0.2, 0) is 11.2 Å². The number of aryl methyl sites for hydroxylation is 1. The van der Waals surface area contributed by atoms with Crippen LogP contribution in [0.25, 0.3) is 10.9 Å². The first-order chi connectivity index (χ1) is 8.18. The molecule has 0 fully saturated rings. The Kier molecular flexibility index (Phi) is 3.44. The predicted molar refractivity (Wildman–Crippen MR) is 68.8 cm³/mol. The number of benzene rings is 1. The van der Waals surface area contributed by atoms with Crippen molar-refractivity contribution in [3.63, 3.8) is 0 Å². The van der Waals surface area contributed by atoms with Gasteiger partial charge in [-0.15, -0.1) is 0 Å². The van der Waals surface area contributed by atoms with Crippen LogP contribution in [0.3, 0.4) is 0 Å². The SMILES string of the molecule is Cc1[nH]c2ccccc2c1CCNCC(N)=O. The largest absolute Gasteiger partial charge is 0.369 e. The summed E-state index contributed by atoms with van der Waals surface area (Å²) in [5.74, 6) is -0.319. The molecular weight excluding hydrogens is 214 g/mol. The van der Waals surface area contributed by atoms with Gasteiger partial charge in [-0.2, -0.15) is 0 Å². The molecule has 0 atom stereocenters. The Hall–Kier alpha value is -1.81. The predicted octanol–water partition coefficient (Wildman–Crippen LogP) is 1.09. The summed E-state index contributed by atoms with van der Waals surface area (Å²) in [6.45, 7) is 3.07. The van der Waals surface area contributed by atoms with Crippen molar-refractivity contribution in [1.29, 1.82) is 0 Å². The molecule has 17 heavy (non-hydrogen) atoms. The molecule has 4 heteroatoms. The summed E-state index contributed by atoms with van der Waals surface area (Å²) in [6.07, 6.45) is 0.892. The highest BCUT2D eigenvalue weighted by Crippen LogP contribution is 2.21. The maximum Gasteiger partial charge on any atom is 0.231 e. The third-order valence-corrected chi connectivity index (χ3v) is 2.88. The summed E-state index contributed by atoms with van der Waals surface area (Å²) in [5, 5.41) is 4.28. The van der Waals surface area contributed by atoms with E-state index in [1.165, 1.54) is 16.6 Å². The quantitative estimate of drug-likeness (QED) is 0.674. The number of H-pyrrole nitrogens is 1. The fraction of sp³-hybridized carbons (Fsp3) is 0.308. The van der Waals surface area contributed by atoms with Crippen molar-refractivity contribution >= 4 is 16.8 Å². The van der Waals surface area contributed by atoms with Crippen molar-refractivity contribution in [3.05, 3.63) is 35.5 Å². The molecule has 2 aromatic rings. The maximum atomic E-state index is 10.6. The molecule has 0 aliphatic heterocycles. The molecule has 0 aliphatic rings. The Morgan fingerprint density at radius 1 is 1.41 bits per heavy atom. The summed E-state index contributed by atoms with van der Waals surface area (Å²) in [6, 6.07) is 8.24. The number of fused-ring (bicyclic) bond motifs is 1. The van der Waals surface area contributed by atoms with Crippen molar-refractivity contribution in [2.75, 3.05) is 13.1 Å². The van der Waals surface area contributed by atoms with E-state index in [2.05, 4.69) is 29.4 Å². The second-order valence-corrected chi connectivity index (χ2v) is 4.17. The molecule has 0 unspecified atom stereocenters. The average molecular weight is 231 g/mol. The van der Waals surface area contributed by atoms with Crippen LogP contribution in [0.4, 0.5) is 0 Å². The van der Waals surface area contributed by atoms with Gasteiger partial charge in [0, 0.05) is 16.6 Å². The fourth-order valence-corrected chi connectivity index (χ4v) is 2.08. The normalized spacial score (nSPS) is 10.9. The van der Waals surface area contributed by atoms with Crippen molar-refractivity contribution in [1.82, 2.24) is 10.3 Å². The average Bonchev–Trinajstić information content (AvgIpc) is 2.60. The lowest BCUT2D eigenvalue weighted by molar-refractivity contribution is -0.117. The number of aromatic nitrogens is 1. The Morgan fingerprint density at radius 3 is 2.94 bits per heavy atom. The minimum atomic E-state index is -0.319. The number of carbonyl (C=O) groups is 1. The molecule has 0 bridgehead atoms. The van der Waals surface area contributed by atoms with Gasteiger partial charge in [-0.1, -0.05) is 18.2 Å². The molecule has 0 aliphatic carbocycles. The zero-order valence-corrected chi connectivity index (χ0v) is 9.92.